The Morgan fingerprint density at radius 2 is 1.81 bits per heavy atom. The van der Waals surface area contributed by atoms with E-state index in [0.29, 0.717) is 18.5 Å². The van der Waals surface area contributed by atoms with E-state index in [4.69, 9.17) is 4.52 Å². The van der Waals surface area contributed by atoms with E-state index in [0.717, 1.165) is 25.0 Å². The summed E-state index contributed by atoms with van der Waals surface area (Å²) >= 11 is 0. The summed E-state index contributed by atoms with van der Waals surface area (Å²) < 4.78 is 69.3. The average molecular weight is 451 g/mol. The van der Waals surface area contributed by atoms with Crippen LogP contribution in [-0.2, 0) is 22.6 Å². The number of anilines is 1. The second kappa shape index (κ2) is 8.33. The summed E-state index contributed by atoms with van der Waals surface area (Å²) in [5.74, 6) is 0.205. The van der Waals surface area contributed by atoms with Crippen LogP contribution < -0.4 is 5.32 Å². The van der Waals surface area contributed by atoms with Gasteiger partial charge in [0, 0.05) is 11.3 Å². The van der Waals surface area contributed by atoms with Crippen molar-refractivity contribution in [3.63, 3.8) is 0 Å². The van der Waals surface area contributed by atoms with Gasteiger partial charge in [-0.1, -0.05) is 36.2 Å². The SMILES string of the molecule is O=S(=O)(c1cccc(NCc2nc(-c3cccc(C(F)(F)F)c3)no2)c1)C1CCCC1. The summed E-state index contributed by atoms with van der Waals surface area (Å²) in [6.45, 7) is 0.0961. The smallest absolute Gasteiger partial charge is 0.376 e. The Morgan fingerprint density at radius 1 is 1.06 bits per heavy atom. The van der Waals surface area contributed by atoms with Crippen LogP contribution >= 0.6 is 0 Å². The van der Waals surface area contributed by atoms with Crippen molar-refractivity contribution in [2.75, 3.05) is 5.32 Å². The lowest BCUT2D eigenvalue weighted by Crippen LogP contribution is -2.17. The third kappa shape index (κ3) is 4.73. The molecule has 0 atom stereocenters. The highest BCUT2D eigenvalue weighted by molar-refractivity contribution is 7.92. The van der Waals surface area contributed by atoms with Gasteiger partial charge in [-0.25, -0.2) is 8.42 Å². The fourth-order valence-corrected chi connectivity index (χ4v) is 5.53. The highest BCUT2D eigenvalue weighted by atomic mass is 32.2. The molecule has 0 radical (unpaired) electrons. The molecule has 1 N–H and O–H groups in total. The van der Waals surface area contributed by atoms with Crippen molar-refractivity contribution < 1.29 is 26.1 Å². The molecule has 164 valence electrons. The molecule has 1 aliphatic carbocycles. The molecule has 0 spiro atoms. The zero-order valence-corrected chi connectivity index (χ0v) is 17.2. The minimum absolute atomic E-state index is 0.0421. The molecule has 0 aliphatic heterocycles. The third-order valence-corrected chi connectivity index (χ3v) is 7.52. The van der Waals surface area contributed by atoms with Crippen LogP contribution in [0.5, 0.6) is 0 Å². The van der Waals surface area contributed by atoms with Crippen molar-refractivity contribution in [1.82, 2.24) is 10.1 Å². The highest BCUT2D eigenvalue weighted by Crippen LogP contribution is 2.32. The Hall–Kier alpha value is -2.88. The number of rotatable bonds is 6. The molecule has 10 heteroatoms. The van der Waals surface area contributed by atoms with Gasteiger partial charge in [0.1, 0.15) is 0 Å². The first-order valence-electron chi connectivity index (χ1n) is 9.81. The van der Waals surface area contributed by atoms with Crippen LogP contribution in [0.4, 0.5) is 18.9 Å². The number of hydrogen-bond acceptors (Lipinski definition) is 6. The number of nitrogens with one attached hydrogen (secondary N) is 1. The summed E-state index contributed by atoms with van der Waals surface area (Å²) in [7, 11) is -3.38. The number of aromatic nitrogens is 2. The van der Waals surface area contributed by atoms with E-state index in [9.17, 15) is 21.6 Å². The first kappa shape index (κ1) is 21.4. The molecular formula is C21H20F3N3O3S. The summed E-state index contributed by atoms with van der Waals surface area (Å²) in [5.41, 5.74) is -0.0397. The molecule has 1 saturated carbocycles. The molecule has 1 aliphatic rings. The molecule has 0 saturated heterocycles. The van der Waals surface area contributed by atoms with Crippen molar-refractivity contribution in [2.45, 2.75) is 48.5 Å². The minimum atomic E-state index is -4.46. The molecule has 0 unspecified atom stereocenters. The van der Waals surface area contributed by atoms with Gasteiger partial charge in [0.05, 0.1) is 22.3 Å². The van der Waals surface area contributed by atoms with Crippen LogP contribution in [0.3, 0.4) is 0 Å². The topological polar surface area (TPSA) is 85.1 Å². The van der Waals surface area contributed by atoms with Crippen molar-refractivity contribution in [2.24, 2.45) is 0 Å². The number of nitrogens with zero attached hydrogens (tertiary/aromatic N) is 2. The number of alkyl halides is 3. The first-order chi connectivity index (χ1) is 14.7. The molecule has 1 aromatic heterocycles. The predicted octanol–water partition coefficient (Wildman–Crippen LogP) is 5.08. The maximum atomic E-state index is 12.9. The van der Waals surface area contributed by atoms with Gasteiger partial charge < -0.3 is 9.84 Å². The van der Waals surface area contributed by atoms with Gasteiger partial charge in [-0.3, -0.25) is 0 Å². The van der Waals surface area contributed by atoms with E-state index in [-0.39, 0.29) is 34.0 Å². The van der Waals surface area contributed by atoms with Crippen LogP contribution in [0.15, 0.2) is 57.9 Å². The fourth-order valence-electron chi connectivity index (χ4n) is 3.63. The van der Waals surface area contributed by atoms with Gasteiger partial charge in [0.2, 0.25) is 11.7 Å². The molecule has 1 fully saturated rings. The number of sulfone groups is 1. The highest BCUT2D eigenvalue weighted by Gasteiger charge is 2.31. The molecule has 6 nitrogen and oxygen atoms in total. The Kier molecular flexibility index (Phi) is 5.74. The van der Waals surface area contributed by atoms with E-state index < -0.39 is 21.6 Å². The molecule has 31 heavy (non-hydrogen) atoms. The van der Waals surface area contributed by atoms with E-state index in [1.165, 1.54) is 12.1 Å². The maximum Gasteiger partial charge on any atom is 0.416 e. The van der Waals surface area contributed by atoms with Crippen LogP contribution in [-0.4, -0.2) is 23.8 Å². The van der Waals surface area contributed by atoms with Crippen LogP contribution in [0, 0.1) is 0 Å². The van der Waals surface area contributed by atoms with Gasteiger partial charge >= 0.3 is 6.18 Å². The zero-order valence-electron chi connectivity index (χ0n) is 16.4. The Labute approximate surface area is 177 Å². The molecule has 0 bridgehead atoms. The monoisotopic (exact) mass is 451 g/mol. The molecular weight excluding hydrogens is 431 g/mol. The van der Waals surface area contributed by atoms with Crippen LogP contribution in [0.25, 0.3) is 11.4 Å². The lowest BCUT2D eigenvalue weighted by atomic mass is 10.1. The van der Waals surface area contributed by atoms with Crippen LogP contribution in [0.2, 0.25) is 0 Å². The second-order valence-corrected chi connectivity index (χ2v) is 9.65. The van der Waals surface area contributed by atoms with Crippen molar-refractivity contribution in [3.8, 4) is 11.4 Å². The summed E-state index contributed by atoms with van der Waals surface area (Å²) in [6.07, 6.45) is -1.25. The van der Waals surface area contributed by atoms with Crippen molar-refractivity contribution in [1.29, 1.82) is 0 Å². The third-order valence-electron chi connectivity index (χ3n) is 5.26. The number of benzene rings is 2. The van der Waals surface area contributed by atoms with Gasteiger partial charge in [0.25, 0.3) is 0 Å². The largest absolute Gasteiger partial charge is 0.416 e. The minimum Gasteiger partial charge on any atom is -0.376 e. The first-order valence-corrected chi connectivity index (χ1v) is 11.4. The van der Waals surface area contributed by atoms with E-state index in [1.54, 1.807) is 24.3 Å². The zero-order chi connectivity index (χ0) is 22.1. The van der Waals surface area contributed by atoms with Gasteiger partial charge in [-0.2, -0.15) is 18.2 Å². The summed E-state index contributed by atoms with van der Waals surface area (Å²) in [5, 5.41) is 6.43. The van der Waals surface area contributed by atoms with Gasteiger partial charge in [-0.05, 0) is 43.2 Å². The summed E-state index contributed by atoms with van der Waals surface area (Å²) in [6, 6.07) is 11.2. The number of halogens is 3. The predicted molar refractivity (Wildman–Crippen MR) is 108 cm³/mol. The lowest BCUT2D eigenvalue weighted by molar-refractivity contribution is -0.137. The number of hydrogen-bond donors (Lipinski definition) is 1. The molecule has 2 aromatic carbocycles. The Bertz CT molecular complexity index is 1170. The summed E-state index contributed by atoms with van der Waals surface area (Å²) in [4.78, 5) is 4.39. The molecule has 0 amide bonds. The fraction of sp³-hybridized carbons (Fsp3) is 0.333. The quantitative estimate of drug-likeness (QED) is 0.562. The standard InChI is InChI=1S/C21H20F3N3O3S/c22-21(23,24)15-6-3-5-14(11-15)20-26-19(30-27-20)13-25-16-7-4-10-18(12-16)31(28,29)17-8-1-2-9-17/h3-7,10-12,17,25H,1-2,8-9,13H2. The van der Waals surface area contributed by atoms with E-state index in [1.807, 2.05) is 0 Å². The Balaban J connectivity index is 1.46. The lowest BCUT2D eigenvalue weighted by Gasteiger charge is -2.12. The van der Waals surface area contributed by atoms with Gasteiger partial charge in [-0.15, -0.1) is 0 Å². The van der Waals surface area contributed by atoms with Crippen molar-refractivity contribution >= 4 is 15.5 Å². The van der Waals surface area contributed by atoms with E-state index in [2.05, 4.69) is 15.5 Å². The normalized spacial score (nSPS) is 15.3. The van der Waals surface area contributed by atoms with E-state index >= 15 is 0 Å². The molecule has 1 heterocycles. The van der Waals surface area contributed by atoms with Gasteiger partial charge in [0.15, 0.2) is 9.84 Å². The van der Waals surface area contributed by atoms with Crippen molar-refractivity contribution in [3.05, 3.63) is 60.0 Å². The Morgan fingerprint density at radius 3 is 2.55 bits per heavy atom. The maximum absolute atomic E-state index is 12.9. The molecule has 3 aromatic rings. The van der Waals surface area contributed by atoms with Crippen LogP contribution in [0.1, 0.15) is 37.1 Å². The second-order valence-electron chi connectivity index (χ2n) is 7.42. The molecule has 4 rings (SSSR count). The average Bonchev–Trinajstić information content (AvgIpc) is 3.45.